The van der Waals surface area contributed by atoms with E-state index in [0.717, 1.165) is 15.9 Å². The Bertz CT molecular complexity index is 381. The number of carbonyl (C=O) groups is 1. The second-order valence-corrected chi connectivity index (χ2v) is 4.55. The maximum Gasteiger partial charge on any atom is 0.221 e. The van der Waals surface area contributed by atoms with Crippen LogP contribution >= 0.6 is 15.9 Å². The van der Waals surface area contributed by atoms with Crippen LogP contribution in [0.2, 0.25) is 0 Å². The van der Waals surface area contributed by atoms with Gasteiger partial charge in [-0.1, -0.05) is 0 Å². The first kappa shape index (κ1) is 13.0. The average molecular weight is 286 g/mol. The molecule has 0 aromatic carbocycles. The third-order valence-corrected chi connectivity index (χ3v) is 2.77. The van der Waals surface area contributed by atoms with E-state index in [4.69, 9.17) is 0 Å². The number of amides is 1. The zero-order chi connectivity index (χ0) is 12.1. The Balaban J connectivity index is 2.65. The summed E-state index contributed by atoms with van der Waals surface area (Å²) in [4.78, 5) is 17.4. The first-order valence-electron chi connectivity index (χ1n) is 5.08. The van der Waals surface area contributed by atoms with Crippen LogP contribution in [0.5, 0.6) is 0 Å². The van der Waals surface area contributed by atoms with Crippen LogP contribution in [0, 0.1) is 6.92 Å². The molecule has 0 spiro atoms. The van der Waals surface area contributed by atoms with Crippen LogP contribution in [0.4, 0.5) is 5.82 Å². The SMILES string of the molecule is CNC(=O)CCN(C)c1ncc(Br)cc1C. The normalized spacial score (nSPS) is 10.0. The highest BCUT2D eigenvalue weighted by Gasteiger charge is 2.08. The second-order valence-electron chi connectivity index (χ2n) is 3.64. The van der Waals surface area contributed by atoms with Crippen LogP contribution in [0.15, 0.2) is 16.7 Å². The number of aromatic nitrogens is 1. The lowest BCUT2D eigenvalue weighted by atomic mass is 10.2. The van der Waals surface area contributed by atoms with Gasteiger partial charge in [-0.2, -0.15) is 0 Å². The Morgan fingerprint density at radius 3 is 2.88 bits per heavy atom. The number of anilines is 1. The van der Waals surface area contributed by atoms with Gasteiger partial charge in [0.1, 0.15) is 5.82 Å². The minimum absolute atomic E-state index is 0.0432. The molecule has 0 atom stereocenters. The summed E-state index contributed by atoms with van der Waals surface area (Å²) in [5.41, 5.74) is 1.09. The van der Waals surface area contributed by atoms with E-state index in [-0.39, 0.29) is 5.91 Å². The molecule has 1 N–H and O–H groups in total. The summed E-state index contributed by atoms with van der Waals surface area (Å²) in [6.45, 7) is 2.67. The molecule has 1 rings (SSSR count). The predicted octanol–water partition coefficient (Wildman–Crippen LogP) is 1.72. The van der Waals surface area contributed by atoms with Crippen molar-refractivity contribution in [2.45, 2.75) is 13.3 Å². The van der Waals surface area contributed by atoms with Crippen LogP contribution < -0.4 is 10.2 Å². The van der Waals surface area contributed by atoms with Crippen molar-refractivity contribution >= 4 is 27.7 Å². The number of pyridine rings is 1. The van der Waals surface area contributed by atoms with Crippen molar-refractivity contribution in [2.75, 3.05) is 25.5 Å². The van der Waals surface area contributed by atoms with E-state index in [1.807, 2.05) is 24.9 Å². The molecular weight excluding hydrogens is 270 g/mol. The molecule has 0 unspecified atom stereocenters. The third kappa shape index (κ3) is 3.48. The van der Waals surface area contributed by atoms with Crippen molar-refractivity contribution in [3.05, 3.63) is 22.3 Å². The molecular formula is C11H16BrN3O. The predicted molar refractivity (Wildman–Crippen MR) is 68.6 cm³/mol. The van der Waals surface area contributed by atoms with E-state index in [1.165, 1.54) is 0 Å². The number of halogens is 1. The molecule has 0 aliphatic rings. The average Bonchev–Trinajstić information content (AvgIpc) is 2.25. The quantitative estimate of drug-likeness (QED) is 0.916. The van der Waals surface area contributed by atoms with Gasteiger partial charge in [-0.05, 0) is 34.5 Å². The molecule has 0 radical (unpaired) electrons. The fraction of sp³-hybridized carbons (Fsp3) is 0.455. The number of aryl methyl sites for hydroxylation is 1. The van der Waals surface area contributed by atoms with Crippen molar-refractivity contribution in [2.24, 2.45) is 0 Å². The summed E-state index contributed by atoms with van der Waals surface area (Å²) in [6, 6.07) is 2.01. The number of nitrogens with one attached hydrogen (secondary N) is 1. The van der Waals surface area contributed by atoms with Gasteiger partial charge in [-0.3, -0.25) is 4.79 Å². The minimum Gasteiger partial charge on any atom is -0.359 e. The summed E-state index contributed by atoms with van der Waals surface area (Å²) in [6.07, 6.45) is 2.24. The molecule has 16 heavy (non-hydrogen) atoms. The van der Waals surface area contributed by atoms with Crippen LogP contribution in [0.1, 0.15) is 12.0 Å². The lowest BCUT2D eigenvalue weighted by Gasteiger charge is -2.19. The van der Waals surface area contributed by atoms with Crippen LogP contribution in [-0.4, -0.2) is 31.5 Å². The van der Waals surface area contributed by atoms with E-state index < -0.39 is 0 Å². The maximum atomic E-state index is 11.1. The highest BCUT2D eigenvalue weighted by atomic mass is 79.9. The number of hydrogen-bond donors (Lipinski definition) is 1. The van der Waals surface area contributed by atoms with Gasteiger partial charge in [0.05, 0.1) is 0 Å². The number of hydrogen-bond acceptors (Lipinski definition) is 3. The fourth-order valence-corrected chi connectivity index (χ4v) is 1.88. The standard InChI is InChI=1S/C11H16BrN3O/c1-8-6-9(12)7-14-11(8)15(3)5-4-10(16)13-2/h6-7H,4-5H2,1-3H3,(H,13,16). The summed E-state index contributed by atoms with van der Waals surface area (Å²) in [5, 5.41) is 2.60. The Kier molecular flexibility index (Phi) is 4.73. The lowest BCUT2D eigenvalue weighted by Crippen LogP contribution is -2.27. The van der Waals surface area contributed by atoms with E-state index >= 15 is 0 Å². The monoisotopic (exact) mass is 285 g/mol. The van der Waals surface area contributed by atoms with Crippen molar-refractivity contribution in [1.82, 2.24) is 10.3 Å². The fourth-order valence-electron chi connectivity index (χ4n) is 1.43. The van der Waals surface area contributed by atoms with Gasteiger partial charge in [-0.15, -0.1) is 0 Å². The van der Waals surface area contributed by atoms with Gasteiger partial charge in [0.25, 0.3) is 0 Å². The summed E-state index contributed by atoms with van der Waals surface area (Å²) < 4.78 is 0.966. The largest absolute Gasteiger partial charge is 0.359 e. The van der Waals surface area contributed by atoms with Gasteiger partial charge < -0.3 is 10.2 Å². The molecule has 4 nitrogen and oxygen atoms in total. The molecule has 0 fully saturated rings. The molecule has 1 aromatic heterocycles. The van der Waals surface area contributed by atoms with Gasteiger partial charge in [0.2, 0.25) is 5.91 Å². The zero-order valence-electron chi connectivity index (χ0n) is 9.75. The van der Waals surface area contributed by atoms with Gasteiger partial charge >= 0.3 is 0 Å². The van der Waals surface area contributed by atoms with Crippen LogP contribution in [0.3, 0.4) is 0 Å². The Morgan fingerprint density at radius 2 is 2.31 bits per heavy atom. The summed E-state index contributed by atoms with van der Waals surface area (Å²) in [5.74, 6) is 0.953. The second kappa shape index (κ2) is 5.84. The summed E-state index contributed by atoms with van der Waals surface area (Å²) in [7, 11) is 3.58. The highest BCUT2D eigenvalue weighted by molar-refractivity contribution is 9.10. The van der Waals surface area contributed by atoms with Crippen molar-refractivity contribution in [3.63, 3.8) is 0 Å². The van der Waals surface area contributed by atoms with E-state index in [9.17, 15) is 4.79 Å². The van der Waals surface area contributed by atoms with Crippen molar-refractivity contribution in [1.29, 1.82) is 0 Å². The molecule has 1 amide bonds. The molecule has 5 heteroatoms. The molecule has 0 aliphatic carbocycles. The molecule has 0 saturated heterocycles. The van der Waals surface area contributed by atoms with Crippen molar-refractivity contribution < 1.29 is 4.79 Å². The van der Waals surface area contributed by atoms with Crippen molar-refractivity contribution in [3.8, 4) is 0 Å². The zero-order valence-corrected chi connectivity index (χ0v) is 11.3. The molecule has 0 aliphatic heterocycles. The molecule has 88 valence electrons. The van der Waals surface area contributed by atoms with E-state index in [2.05, 4.69) is 26.2 Å². The van der Waals surface area contributed by atoms with Gasteiger partial charge in [0.15, 0.2) is 0 Å². The smallest absolute Gasteiger partial charge is 0.221 e. The molecule has 1 heterocycles. The van der Waals surface area contributed by atoms with E-state index in [0.29, 0.717) is 13.0 Å². The van der Waals surface area contributed by atoms with Gasteiger partial charge in [0, 0.05) is 37.7 Å². The minimum atomic E-state index is 0.0432. The molecule has 0 bridgehead atoms. The number of nitrogens with zero attached hydrogens (tertiary/aromatic N) is 2. The maximum absolute atomic E-state index is 11.1. The lowest BCUT2D eigenvalue weighted by molar-refractivity contribution is -0.120. The third-order valence-electron chi connectivity index (χ3n) is 2.33. The first-order chi connectivity index (χ1) is 7.54. The number of carbonyl (C=O) groups excluding carboxylic acids is 1. The van der Waals surface area contributed by atoms with Crippen LogP contribution in [-0.2, 0) is 4.79 Å². The number of rotatable bonds is 4. The summed E-state index contributed by atoms with van der Waals surface area (Å²) >= 11 is 3.37. The molecule has 0 saturated carbocycles. The topological polar surface area (TPSA) is 45.2 Å². The van der Waals surface area contributed by atoms with Crippen LogP contribution in [0.25, 0.3) is 0 Å². The first-order valence-corrected chi connectivity index (χ1v) is 5.87. The molecule has 1 aromatic rings. The Hall–Kier alpha value is -1.10. The van der Waals surface area contributed by atoms with E-state index in [1.54, 1.807) is 13.2 Å². The Labute approximate surface area is 104 Å². The highest BCUT2D eigenvalue weighted by Crippen LogP contribution is 2.19. The van der Waals surface area contributed by atoms with Gasteiger partial charge in [-0.25, -0.2) is 4.98 Å². The Morgan fingerprint density at radius 1 is 1.62 bits per heavy atom.